The molecule has 0 amide bonds. The molecule has 0 aromatic rings. The number of aliphatic hydroxyl groups excluding tert-OH is 1. The molecule has 0 spiro atoms. The van der Waals surface area contributed by atoms with Gasteiger partial charge in [-0.15, -0.1) is 0 Å². The highest BCUT2D eigenvalue weighted by atomic mass is 16.3. The molecular weight excluding hydrogens is 282 g/mol. The second kappa shape index (κ2) is 5.46. The summed E-state index contributed by atoms with van der Waals surface area (Å²) in [5, 5.41) is 11.0. The van der Waals surface area contributed by atoms with E-state index in [-0.39, 0.29) is 17.6 Å². The molecule has 0 radical (unpaired) electrons. The van der Waals surface area contributed by atoms with E-state index in [2.05, 4.69) is 20.8 Å². The molecular formula is C21H37NO. The van der Waals surface area contributed by atoms with Gasteiger partial charge in [-0.05, 0) is 91.8 Å². The van der Waals surface area contributed by atoms with E-state index in [0.29, 0.717) is 11.3 Å². The predicted molar refractivity (Wildman–Crippen MR) is 94.9 cm³/mol. The van der Waals surface area contributed by atoms with Crippen LogP contribution in [0.4, 0.5) is 0 Å². The number of hydrogen-bond acceptors (Lipinski definition) is 2. The number of nitrogens with two attached hydrogens (primary N) is 1. The first-order chi connectivity index (χ1) is 10.9. The van der Waals surface area contributed by atoms with Crippen LogP contribution in [0.2, 0.25) is 0 Å². The fraction of sp³-hybridized carbons (Fsp3) is 1.00. The Balaban J connectivity index is 1.64. The maximum Gasteiger partial charge on any atom is 0.0613 e. The number of hydrogen-bond donors (Lipinski definition) is 2. The minimum atomic E-state index is -0.170. The van der Waals surface area contributed by atoms with Gasteiger partial charge < -0.3 is 10.8 Å². The molecule has 23 heavy (non-hydrogen) atoms. The summed E-state index contributed by atoms with van der Waals surface area (Å²) < 4.78 is 0. The zero-order valence-corrected chi connectivity index (χ0v) is 15.4. The second-order valence-electron chi connectivity index (χ2n) is 9.99. The molecule has 2 nitrogen and oxygen atoms in total. The van der Waals surface area contributed by atoms with E-state index in [9.17, 15) is 5.11 Å². The predicted octanol–water partition coefficient (Wildman–Crippen LogP) is 4.35. The Hall–Kier alpha value is -0.0800. The van der Waals surface area contributed by atoms with E-state index in [1.54, 1.807) is 0 Å². The third kappa shape index (κ3) is 2.13. The van der Waals surface area contributed by atoms with Gasteiger partial charge in [-0.25, -0.2) is 0 Å². The molecule has 4 aliphatic carbocycles. The van der Waals surface area contributed by atoms with E-state index >= 15 is 0 Å². The summed E-state index contributed by atoms with van der Waals surface area (Å²) in [4.78, 5) is 0. The Morgan fingerprint density at radius 1 is 1.00 bits per heavy atom. The van der Waals surface area contributed by atoms with Crippen LogP contribution in [0.5, 0.6) is 0 Å². The molecule has 0 unspecified atom stereocenters. The van der Waals surface area contributed by atoms with Gasteiger partial charge in [-0.3, -0.25) is 0 Å². The molecule has 3 N–H and O–H groups in total. The molecule has 0 heterocycles. The third-order valence-corrected chi connectivity index (χ3v) is 9.48. The molecule has 0 aromatic heterocycles. The summed E-state index contributed by atoms with van der Waals surface area (Å²) in [6.45, 7) is 7.44. The molecule has 0 aromatic carbocycles. The van der Waals surface area contributed by atoms with Crippen LogP contribution >= 0.6 is 0 Å². The summed E-state index contributed by atoms with van der Waals surface area (Å²) in [5.41, 5.74) is 6.98. The van der Waals surface area contributed by atoms with Crippen molar-refractivity contribution in [3.8, 4) is 0 Å². The van der Waals surface area contributed by atoms with Crippen molar-refractivity contribution < 1.29 is 5.11 Å². The smallest absolute Gasteiger partial charge is 0.0613 e. The molecule has 4 saturated carbocycles. The molecule has 0 bridgehead atoms. The lowest BCUT2D eigenvalue weighted by atomic mass is 9.44. The van der Waals surface area contributed by atoms with Gasteiger partial charge in [0.1, 0.15) is 0 Å². The summed E-state index contributed by atoms with van der Waals surface area (Å²) in [7, 11) is 0. The summed E-state index contributed by atoms with van der Waals surface area (Å²) >= 11 is 0. The minimum absolute atomic E-state index is 0.143. The Morgan fingerprint density at radius 3 is 2.52 bits per heavy atom. The van der Waals surface area contributed by atoms with Crippen molar-refractivity contribution in [1.29, 1.82) is 0 Å². The largest absolute Gasteiger partial charge is 0.392 e. The molecule has 4 aliphatic rings. The Morgan fingerprint density at radius 2 is 1.78 bits per heavy atom. The van der Waals surface area contributed by atoms with Crippen molar-refractivity contribution in [2.24, 2.45) is 46.2 Å². The van der Waals surface area contributed by atoms with E-state index in [0.717, 1.165) is 36.5 Å². The van der Waals surface area contributed by atoms with E-state index in [1.807, 2.05) is 0 Å². The highest BCUT2D eigenvalue weighted by molar-refractivity contribution is 5.11. The maximum atomic E-state index is 11.0. The number of aliphatic hydroxyl groups is 1. The van der Waals surface area contributed by atoms with Gasteiger partial charge in [0.15, 0.2) is 0 Å². The Kier molecular flexibility index (Phi) is 3.89. The number of rotatable bonds is 1. The first-order valence-electron chi connectivity index (χ1n) is 10.3. The topological polar surface area (TPSA) is 46.2 Å². The van der Waals surface area contributed by atoms with Crippen molar-refractivity contribution >= 4 is 0 Å². The zero-order valence-electron chi connectivity index (χ0n) is 15.4. The van der Waals surface area contributed by atoms with Crippen molar-refractivity contribution in [1.82, 2.24) is 0 Å². The SMILES string of the molecule is CC[C@H]1CC[C@H]2[C@@H]3CC[C@H]4C[C@H](N)C[C@H](O)[C@]4(C)[C@H]3CC[C@]12C. The molecule has 4 rings (SSSR count). The molecule has 9 atom stereocenters. The fourth-order valence-electron chi connectivity index (χ4n) is 8.14. The molecule has 0 saturated heterocycles. The van der Waals surface area contributed by atoms with Crippen molar-refractivity contribution in [2.45, 2.75) is 90.7 Å². The highest BCUT2D eigenvalue weighted by Gasteiger charge is 2.61. The van der Waals surface area contributed by atoms with Crippen LogP contribution in [0, 0.1) is 40.4 Å². The van der Waals surface area contributed by atoms with Crippen LogP contribution in [0.1, 0.15) is 78.6 Å². The summed E-state index contributed by atoms with van der Waals surface area (Å²) in [5.74, 6) is 4.15. The van der Waals surface area contributed by atoms with Gasteiger partial charge in [0.05, 0.1) is 6.10 Å². The molecule has 132 valence electrons. The van der Waals surface area contributed by atoms with E-state index in [4.69, 9.17) is 5.73 Å². The van der Waals surface area contributed by atoms with Crippen LogP contribution in [0.15, 0.2) is 0 Å². The van der Waals surface area contributed by atoms with Gasteiger partial charge in [0.2, 0.25) is 0 Å². The Bertz CT molecular complexity index is 465. The summed E-state index contributed by atoms with van der Waals surface area (Å²) in [6.07, 6.45) is 11.5. The molecule has 4 fully saturated rings. The van der Waals surface area contributed by atoms with Crippen LogP contribution in [-0.4, -0.2) is 17.3 Å². The lowest BCUT2D eigenvalue weighted by molar-refractivity contribution is -0.165. The van der Waals surface area contributed by atoms with E-state index < -0.39 is 0 Å². The standard InChI is InChI=1S/C21H37NO/c1-4-13-6-8-17-16-7-5-14-11-15(22)12-19(23)21(14,3)18(16)9-10-20(13,17)2/h13-19,23H,4-12,22H2,1-3H3/t13-,14-,15-,16-,17-,18-,19-,20+,21-/m0/s1. The van der Waals surface area contributed by atoms with Crippen molar-refractivity contribution in [3.05, 3.63) is 0 Å². The normalized spacial score (nSPS) is 59.1. The lowest BCUT2D eigenvalue weighted by Gasteiger charge is -2.62. The van der Waals surface area contributed by atoms with Crippen molar-refractivity contribution in [3.63, 3.8) is 0 Å². The third-order valence-electron chi connectivity index (χ3n) is 9.48. The first kappa shape index (κ1) is 16.4. The van der Waals surface area contributed by atoms with Gasteiger partial charge in [-0.1, -0.05) is 27.2 Å². The lowest BCUT2D eigenvalue weighted by Crippen LogP contribution is -2.60. The average Bonchev–Trinajstić information content (AvgIpc) is 2.85. The fourth-order valence-corrected chi connectivity index (χ4v) is 8.14. The molecule has 2 heteroatoms. The van der Waals surface area contributed by atoms with Crippen LogP contribution in [0.25, 0.3) is 0 Å². The minimum Gasteiger partial charge on any atom is -0.392 e. The zero-order chi connectivity index (χ0) is 16.4. The van der Waals surface area contributed by atoms with Crippen LogP contribution in [0.3, 0.4) is 0 Å². The number of fused-ring (bicyclic) bond motifs is 5. The maximum absolute atomic E-state index is 11.0. The monoisotopic (exact) mass is 319 g/mol. The quantitative estimate of drug-likeness (QED) is 0.754. The molecule has 0 aliphatic heterocycles. The summed E-state index contributed by atoms with van der Waals surface area (Å²) in [6, 6.07) is 0.226. The van der Waals surface area contributed by atoms with Crippen LogP contribution < -0.4 is 5.73 Å². The highest BCUT2D eigenvalue weighted by Crippen LogP contribution is 2.67. The second-order valence-corrected chi connectivity index (χ2v) is 9.99. The Labute approximate surface area is 142 Å². The van der Waals surface area contributed by atoms with Gasteiger partial charge in [-0.2, -0.15) is 0 Å². The first-order valence-corrected chi connectivity index (χ1v) is 10.3. The van der Waals surface area contributed by atoms with Gasteiger partial charge >= 0.3 is 0 Å². The van der Waals surface area contributed by atoms with Crippen LogP contribution in [-0.2, 0) is 0 Å². The van der Waals surface area contributed by atoms with Crippen molar-refractivity contribution in [2.75, 3.05) is 0 Å². The van der Waals surface area contributed by atoms with Gasteiger partial charge in [0.25, 0.3) is 0 Å². The average molecular weight is 320 g/mol. The van der Waals surface area contributed by atoms with Gasteiger partial charge in [0, 0.05) is 6.04 Å². The van der Waals surface area contributed by atoms with E-state index in [1.165, 1.54) is 44.9 Å².